The molecule has 0 bridgehead atoms. The molecule has 0 fully saturated rings. The molecule has 224 valence electrons. The Kier molecular flexibility index (Phi) is 10.2. The fourth-order valence-corrected chi connectivity index (χ4v) is 5.19. The van der Waals surface area contributed by atoms with Crippen LogP contribution in [0.4, 0.5) is 18.9 Å². The van der Waals surface area contributed by atoms with E-state index in [0.29, 0.717) is 11.4 Å². The zero-order valence-electron chi connectivity index (χ0n) is 21.0. The number of primary sulfonamides is 2. The predicted molar refractivity (Wildman–Crippen MR) is 124 cm³/mol. The summed E-state index contributed by atoms with van der Waals surface area (Å²) in [5, 5.41) is 12.0. The monoisotopic (exact) mass is 642 g/mol. The summed E-state index contributed by atoms with van der Waals surface area (Å²) in [4.78, 5) is 10.2. The molecule has 13 nitrogen and oxygen atoms in total. The average molecular weight is 643 g/mol. The van der Waals surface area contributed by atoms with Gasteiger partial charge in [0.2, 0.25) is 26.6 Å². The number of nitrogens with one attached hydrogen (secondary N) is 1. The molecule has 41 heavy (non-hydrogen) atoms. The highest BCUT2D eigenvalue weighted by molar-refractivity contribution is 7.90. The van der Waals surface area contributed by atoms with Gasteiger partial charge in [-0.25, -0.2) is 45.7 Å². The molecule has 5 N–H and O–H groups in total. The van der Waals surface area contributed by atoms with E-state index in [9.17, 15) is 34.8 Å². The lowest BCUT2D eigenvalue weighted by Crippen LogP contribution is -2.68. The highest BCUT2D eigenvalue weighted by atomic mass is 35.7. The maximum atomic E-state index is 13.5. The lowest BCUT2D eigenvalue weighted by atomic mass is 10.0. The summed E-state index contributed by atoms with van der Waals surface area (Å²) < 4.78 is 124. The van der Waals surface area contributed by atoms with Gasteiger partial charge in [0.15, 0.2) is 11.4 Å². The second-order valence-electron chi connectivity index (χ2n) is 8.34. The summed E-state index contributed by atoms with van der Waals surface area (Å²) in [5.74, 6) is -0.875. The van der Waals surface area contributed by atoms with Crippen LogP contribution in [0, 0.1) is 24.1 Å². The Morgan fingerprint density at radius 2 is 1.32 bits per heavy atom. The molecule has 1 heterocycles. The van der Waals surface area contributed by atoms with Gasteiger partial charge in [0, 0.05) is 26.0 Å². The quantitative estimate of drug-likeness (QED) is 0.239. The molecule has 0 unspecified atom stereocenters. The number of aromatic nitrogens is 1. The van der Waals surface area contributed by atoms with Crippen molar-refractivity contribution in [3.8, 4) is 11.1 Å². The molecule has 0 aliphatic rings. The number of halogens is 4. The van der Waals surface area contributed by atoms with Crippen LogP contribution < -0.4 is 38.8 Å². The van der Waals surface area contributed by atoms with Crippen molar-refractivity contribution < 1.29 is 68.2 Å². The van der Waals surface area contributed by atoms with Crippen molar-refractivity contribution in [2.24, 2.45) is 10.3 Å². The van der Waals surface area contributed by atoms with Gasteiger partial charge in [-0.3, -0.25) is 4.79 Å². The number of carbonyl (C=O) groups is 1. The van der Waals surface area contributed by atoms with Gasteiger partial charge in [0.25, 0.3) is 5.91 Å². The molecule has 19 heteroatoms. The van der Waals surface area contributed by atoms with Gasteiger partial charge in [0.1, 0.15) is 4.90 Å². The number of hydrogen-bond acceptors (Lipinski definition) is 9. The highest BCUT2D eigenvalue weighted by Crippen LogP contribution is 2.38. The largest absolute Gasteiger partial charge is 0.417 e. The van der Waals surface area contributed by atoms with Crippen LogP contribution in [-0.2, 0) is 37.6 Å². The normalized spacial score (nSPS) is 12.4. The molecule has 0 saturated carbocycles. The van der Waals surface area contributed by atoms with Crippen LogP contribution in [0.25, 0.3) is 11.1 Å². The van der Waals surface area contributed by atoms with E-state index in [0.717, 1.165) is 11.1 Å². The standard InChI is InChI=1S/C22H21F3N4O5S2.ClHO4/c1-13-8-16(15-6-4-3-5-7-15)9-14(2)29(13)12-21(30)28-18-10-17(22(23,24)25)19(35(26,31)32)11-20(18)36(27,33)34;2-1(3,4)5/h3-11H,12H2,1-2H3,(H4-,26,27,28,30,31,32,33,34);(H,2,3,4,5). The van der Waals surface area contributed by atoms with E-state index in [2.05, 4.69) is 5.32 Å². The summed E-state index contributed by atoms with van der Waals surface area (Å²) in [7, 11) is -14.7. The topological polar surface area (TPSA) is 246 Å². The Hall–Kier alpha value is -3.20. The van der Waals surface area contributed by atoms with Crippen molar-refractivity contribution in [2.45, 2.75) is 36.4 Å². The molecule has 3 rings (SSSR count). The second-order valence-corrected chi connectivity index (χ2v) is 12.2. The van der Waals surface area contributed by atoms with Crippen LogP contribution in [0.3, 0.4) is 0 Å². The van der Waals surface area contributed by atoms with Gasteiger partial charge in [-0.15, -0.1) is 10.2 Å². The number of anilines is 1. The molecule has 1 aromatic heterocycles. The molecule has 0 spiro atoms. The lowest BCUT2D eigenvalue weighted by molar-refractivity contribution is -2.00. The molecule has 2 aromatic carbocycles. The smallest absolute Gasteiger partial charge is 0.319 e. The number of carbonyl (C=O) groups excluding carboxylic acids is 1. The van der Waals surface area contributed by atoms with Crippen LogP contribution in [0.1, 0.15) is 17.0 Å². The predicted octanol–water partition coefficient (Wildman–Crippen LogP) is -2.55. The first-order valence-corrected chi connectivity index (χ1v) is 15.1. The van der Waals surface area contributed by atoms with E-state index in [1.807, 2.05) is 42.5 Å². The third kappa shape index (κ3) is 9.99. The van der Waals surface area contributed by atoms with Gasteiger partial charge in [0.05, 0.1) is 16.1 Å². The zero-order valence-corrected chi connectivity index (χ0v) is 23.4. The maximum absolute atomic E-state index is 13.5. The minimum Gasteiger partial charge on any atom is -0.319 e. The SMILES string of the molecule is Cc1cc(-c2ccccc2)cc(C)[n+]1CC(=O)Nc1cc(C(F)(F)F)c(S(N)(=O)=O)cc1S(N)(=O)=O.[O-][Cl+3]([O-])([O-])[O-]. The van der Waals surface area contributed by atoms with Crippen molar-refractivity contribution in [1.82, 2.24) is 0 Å². The van der Waals surface area contributed by atoms with Gasteiger partial charge >= 0.3 is 6.18 Å². The number of alkyl halides is 3. The molecule has 0 aliphatic carbocycles. The summed E-state index contributed by atoms with van der Waals surface area (Å²) in [6.07, 6.45) is -5.23. The van der Waals surface area contributed by atoms with E-state index >= 15 is 0 Å². The summed E-state index contributed by atoms with van der Waals surface area (Å²) in [6.45, 7) is 3.07. The van der Waals surface area contributed by atoms with E-state index in [-0.39, 0.29) is 18.7 Å². The van der Waals surface area contributed by atoms with E-state index in [1.54, 1.807) is 18.4 Å². The molecule has 0 saturated heterocycles. The van der Waals surface area contributed by atoms with Crippen LogP contribution in [0.2, 0.25) is 0 Å². The minimum atomic E-state index is -5.23. The maximum Gasteiger partial charge on any atom is 0.417 e. The van der Waals surface area contributed by atoms with Gasteiger partial charge < -0.3 is 5.32 Å². The Balaban J connectivity index is 0.00000108. The van der Waals surface area contributed by atoms with Gasteiger partial charge in [-0.05, 0) is 23.3 Å². The Labute approximate surface area is 234 Å². The number of nitrogens with two attached hydrogens (primary N) is 2. The average Bonchev–Trinajstić information content (AvgIpc) is 2.78. The van der Waals surface area contributed by atoms with Crippen molar-refractivity contribution >= 4 is 31.6 Å². The number of sulfonamides is 2. The van der Waals surface area contributed by atoms with Gasteiger partial charge in [-0.2, -0.15) is 17.7 Å². The molecule has 1 amide bonds. The van der Waals surface area contributed by atoms with Crippen molar-refractivity contribution in [3.05, 3.63) is 71.5 Å². The summed E-state index contributed by atoms with van der Waals surface area (Å²) >= 11 is 0. The van der Waals surface area contributed by atoms with Crippen molar-refractivity contribution in [2.75, 3.05) is 5.32 Å². The van der Waals surface area contributed by atoms with Gasteiger partial charge in [-0.1, -0.05) is 30.3 Å². The molecule has 3 aromatic rings. The Bertz CT molecular complexity index is 1630. The van der Waals surface area contributed by atoms with Crippen LogP contribution >= 0.6 is 0 Å². The van der Waals surface area contributed by atoms with Crippen LogP contribution in [-0.4, -0.2) is 22.7 Å². The third-order valence-corrected chi connectivity index (χ3v) is 7.17. The lowest BCUT2D eigenvalue weighted by Gasteiger charge is -2.17. The first kappa shape index (κ1) is 34.0. The van der Waals surface area contributed by atoms with Crippen molar-refractivity contribution in [1.29, 1.82) is 0 Å². The zero-order chi connectivity index (χ0) is 31.6. The molecular weight excluding hydrogens is 621 g/mol. The number of amides is 1. The number of aryl methyl sites for hydroxylation is 2. The molecule has 0 atom stereocenters. The van der Waals surface area contributed by atoms with Crippen LogP contribution in [0.5, 0.6) is 0 Å². The molecule has 0 radical (unpaired) electrons. The highest BCUT2D eigenvalue weighted by Gasteiger charge is 2.39. The number of pyridine rings is 1. The van der Waals surface area contributed by atoms with E-state index in [4.69, 9.17) is 28.9 Å². The first-order chi connectivity index (χ1) is 18.5. The fraction of sp³-hybridized carbons (Fsp3) is 0.182. The Morgan fingerprint density at radius 1 is 0.854 bits per heavy atom. The van der Waals surface area contributed by atoms with E-state index in [1.165, 1.54) is 0 Å². The molecule has 0 aliphatic heterocycles. The number of hydrogen-bond donors (Lipinski definition) is 3. The second kappa shape index (κ2) is 12.3. The van der Waals surface area contributed by atoms with Crippen molar-refractivity contribution in [3.63, 3.8) is 0 Å². The number of rotatable bonds is 6. The Morgan fingerprint density at radius 3 is 1.73 bits per heavy atom. The fourth-order valence-electron chi connectivity index (χ4n) is 3.66. The number of nitrogens with zero attached hydrogens (tertiary/aromatic N) is 1. The minimum absolute atomic E-state index is 0.181. The van der Waals surface area contributed by atoms with Crippen LogP contribution in [0.15, 0.2) is 64.4 Å². The first-order valence-electron chi connectivity index (χ1n) is 10.8. The third-order valence-electron chi connectivity index (χ3n) is 5.26. The molecular formula is C22H22ClF3N4O9S2. The number of benzene rings is 2. The summed E-state index contributed by atoms with van der Waals surface area (Å²) in [5.41, 5.74) is 0.534. The summed E-state index contributed by atoms with van der Waals surface area (Å²) in [6, 6.07) is 13.4. The van der Waals surface area contributed by atoms with E-state index < -0.39 is 63.4 Å².